The number of hydrogen-bond acceptors (Lipinski definition) is 3. The van der Waals surface area contributed by atoms with Crippen molar-refractivity contribution in [3.63, 3.8) is 0 Å². The second kappa shape index (κ2) is 4.61. The average molecular weight is 220 g/mol. The number of carboxylic acid groups (broad SMARTS) is 1. The van der Waals surface area contributed by atoms with Gasteiger partial charge in [0.1, 0.15) is 0 Å². The Morgan fingerprint density at radius 2 is 2.19 bits per heavy atom. The minimum atomic E-state index is -0.894. The van der Waals surface area contributed by atoms with Crippen LogP contribution in [0.3, 0.4) is 0 Å². The fraction of sp³-hybridized carbons (Fsp3) is 0.500. The SMILES string of the molecule is CC(c1ncccc1C(=O)O)N1CCCC1. The minimum Gasteiger partial charge on any atom is -0.478 e. The van der Waals surface area contributed by atoms with Gasteiger partial charge in [-0.1, -0.05) is 0 Å². The third-order valence-corrected chi connectivity index (χ3v) is 3.15. The topological polar surface area (TPSA) is 53.4 Å². The summed E-state index contributed by atoms with van der Waals surface area (Å²) in [6.07, 6.45) is 4.05. The third kappa shape index (κ3) is 2.07. The zero-order valence-corrected chi connectivity index (χ0v) is 9.39. The molecule has 1 N–H and O–H groups in total. The maximum Gasteiger partial charge on any atom is 0.337 e. The van der Waals surface area contributed by atoms with Crippen molar-refractivity contribution in [1.29, 1.82) is 0 Å². The molecule has 4 heteroatoms. The molecule has 0 amide bonds. The molecule has 1 fully saturated rings. The van der Waals surface area contributed by atoms with Gasteiger partial charge < -0.3 is 5.11 Å². The van der Waals surface area contributed by atoms with E-state index in [-0.39, 0.29) is 6.04 Å². The largest absolute Gasteiger partial charge is 0.478 e. The summed E-state index contributed by atoms with van der Waals surface area (Å²) in [6.45, 7) is 4.10. The predicted molar refractivity (Wildman–Crippen MR) is 60.4 cm³/mol. The molecule has 0 bridgehead atoms. The Morgan fingerprint density at radius 3 is 2.81 bits per heavy atom. The number of aromatic nitrogens is 1. The van der Waals surface area contributed by atoms with Crippen LogP contribution in [0.25, 0.3) is 0 Å². The number of hydrogen-bond donors (Lipinski definition) is 1. The van der Waals surface area contributed by atoms with Crippen LogP contribution in [0, 0.1) is 0 Å². The van der Waals surface area contributed by atoms with E-state index in [1.165, 1.54) is 12.8 Å². The van der Waals surface area contributed by atoms with Gasteiger partial charge in [0.05, 0.1) is 17.3 Å². The van der Waals surface area contributed by atoms with Gasteiger partial charge in [-0.15, -0.1) is 0 Å². The van der Waals surface area contributed by atoms with Crippen molar-refractivity contribution >= 4 is 5.97 Å². The van der Waals surface area contributed by atoms with Crippen LogP contribution < -0.4 is 0 Å². The van der Waals surface area contributed by atoms with Crippen LogP contribution in [0.4, 0.5) is 0 Å². The van der Waals surface area contributed by atoms with Crippen LogP contribution in [-0.4, -0.2) is 34.0 Å². The van der Waals surface area contributed by atoms with Gasteiger partial charge in [0.2, 0.25) is 0 Å². The number of nitrogens with zero attached hydrogens (tertiary/aromatic N) is 2. The highest BCUT2D eigenvalue weighted by Crippen LogP contribution is 2.25. The molecule has 16 heavy (non-hydrogen) atoms. The summed E-state index contributed by atoms with van der Waals surface area (Å²) in [5, 5.41) is 9.10. The summed E-state index contributed by atoms with van der Waals surface area (Å²) in [6, 6.07) is 3.38. The Hall–Kier alpha value is -1.42. The first kappa shape index (κ1) is 11.1. The number of carboxylic acids is 1. The van der Waals surface area contributed by atoms with Crippen molar-refractivity contribution in [2.24, 2.45) is 0 Å². The molecular weight excluding hydrogens is 204 g/mol. The van der Waals surface area contributed by atoms with Gasteiger partial charge in [-0.3, -0.25) is 9.88 Å². The molecule has 4 nitrogen and oxygen atoms in total. The minimum absolute atomic E-state index is 0.0924. The number of likely N-dealkylation sites (tertiary alicyclic amines) is 1. The van der Waals surface area contributed by atoms with Gasteiger partial charge >= 0.3 is 5.97 Å². The average Bonchev–Trinajstić information content (AvgIpc) is 2.81. The first-order valence-corrected chi connectivity index (χ1v) is 5.62. The summed E-state index contributed by atoms with van der Waals surface area (Å²) in [5.41, 5.74) is 0.999. The summed E-state index contributed by atoms with van der Waals surface area (Å²) in [5.74, 6) is -0.894. The van der Waals surface area contributed by atoms with Crippen molar-refractivity contribution < 1.29 is 9.90 Å². The summed E-state index contributed by atoms with van der Waals surface area (Å²) in [4.78, 5) is 17.6. The second-order valence-electron chi connectivity index (χ2n) is 4.16. The highest BCUT2D eigenvalue weighted by atomic mass is 16.4. The molecule has 1 unspecified atom stereocenters. The van der Waals surface area contributed by atoms with Crippen LogP contribution in [0.1, 0.15) is 41.9 Å². The maximum absolute atomic E-state index is 11.1. The number of pyridine rings is 1. The maximum atomic E-state index is 11.1. The quantitative estimate of drug-likeness (QED) is 0.845. The van der Waals surface area contributed by atoms with E-state index in [4.69, 9.17) is 5.11 Å². The van der Waals surface area contributed by atoms with Gasteiger partial charge in [0.15, 0.2) is 0 Å². The summed E-state index contributed by atoms with van der Waals surface area (Å²) in [7, 11) is 0. The summed E-state index contributed by atoms with van der Waals surface area (Å²) >= 11 is 0. The van der Waals surface area contributed by atoms with Crippen LogP contribution in [0.5, 0.6) is 0 Å². The molecule has 0 aliphatic carbocycles. The molecule has 0 saturated carbocycles. The van der Waals surface area contributed by atoms with Gasteiger partial charge in [-0.25, -0.2) is 4.79 Å². The molecule has 1 aromatic rings. The zero-order chi connectivity index (χ0) is 11.5. The molecule has 2 heterocycles. The van der Waals surface area contributed by atoms with E-state index in [0.717, 1.165) is 13.1 Å². The lowest BCUT2D eigenvalue weighted by molar-refractivity contribution is 0.0692. The Morgan fingerprint density at radius 1 is 1.50 bits per heavy atom. The first-order chi connectivity index (χ1) is 7.70. The number of aromatic carboxylic acids is 1. The molecule has 0 spiro atoms. The van der Waals surface area contributed by atoms with Crippen molar-refractivity contribution in [2.45, 2.75) is 25.8 Å². The monoisotopic (exact) mass is 220 g/mol. The van der Waals surface area contributed by atoms with E-state index in [2.05, 4.69) is 9.88 Å². The summed E-state index contributed by atoms with van der Waals surface area (Å²) < 4.78 is 0. The molecule has 1 atom stereocenters. The molecule has 1 aliphatic heterocycles. The molecule has 1 aliphatic rings. The number of carbonyl (C=O) groups is 1. The van der Waals surface area contributed by atoms with Crippen molar-refractivity contribution in [1.82, 2.24) is 9.88 Å². The molecule has 1 aromatic heterocycles. The lowest BCUT2D eigenvalue weighted by Gasteiger charge is -2.24. The fourth-order valence-corrected chi connectivity index (χ4v) is 2.23. The van der Waals surface area contributed by atoms with E-state index in [9.17, 15) is 4.79 Å². The Balaban J connectivity index is 2.27. The first-order valence-electron chi connectivity index (χ1n) is 5.62. The molecule has 86 valence electrons. The number of rotatable bonds is 3. The molecule has 2 rings (SSSR count). The highest BCUT2D eigenvalue weighted by Gasteiger charge is 2.24. The van der Waals surface area contributed by atoms with Crippen molar-refractivity contribution in [3.05, 3.63) is 29.6 Å². The smallest absolute Gasteiger partial charge is 0.337 e. The van der Waals surface area contributed by atoms with E-state index >= 15 is 0 Å². The molecule has 1 saturated heterocycles. The van der Waals surface area contributed by atoms with Gasteiger partial charge in [-0.2, -0.15) is 0 Å². The van der Waals surface area contributed by atoms with Crippen LogP contribution in [0.15, 0.2) is 18.3 Å². The fourth-order valence-electron chi connectivity index (χ4n) is 2.23. The lowest BCUT2D eigenvalue weighted by atomic mass is 10.1. The highest BCUT2D eigenvalue weighted by molar-refractivity contribution is 5.88. The van der Waals surface area contributed by atoms with Crippen LogP contribution in [0.2, 0.25) is 0 Å². The zero-order valence-electron chi connectivity index (χ0n) is 9.39. The Kier molecular flexibility index (Phi) is 3.19. The molecule has 0 aromatic carbocycles. The van der Waals surface area contributed by atoms with Gasteiger partial charge in [0.25, 0.3) is 0 Å². The van der Waals surface area contributed by atoms with E-state index in [0.29, 0.717) is 11.3 Å². The van der Waals surface area contributed by atoms with E-state index < -0.39 is 5.97 Å². The van der Waals surface area contributed by atoms with E-state index in [1.54, 1.807) is 18.3 Å². The van der Waals surface area contributed by atoms with Gasteiger partial charge in [0, 0.05) is 6.20 Å². The molecular formula is C12H16N2O2. The predicted octanol–water partition coefficient (Wildman–Crippen LogP) is 1.94. The molecule has 0 radical (unpaired) electrons. The second-order valence-corrected chi connectivity index (χ2v) is 4.16. The Labute approximate surface area is 94.9 Å². The van der Waals surface area contributed by atoms with Crippen LogP contribution in [-0.2, 0) is 0 Å². The van der Waals surface area contributed by atoms with E-state index in [1.807, 2.05) is 6.92 Å². The van der Waals surface area contributed by atoms with Gasteiger partial charge in [-0.05, 0) is 45.0 Å². The third-order valence-electron chi connectivity index (χ3n) is 3.15. The standard InChI is InChI=1S/C12H16N2O2/c1-9(14-7-2-3-8-14)11-10(12(15)16)5-4-6-13-11/h4-6,9H,2-3,7-8H2,1H3,(H,15,16). The lowest BCUT2D eigenvalue weighted by Crippen LogP contribution is -2.25. The van der Waals surface area contributed by atoms with Crippen molar-refractivity contribution in [2.75, 3.05) is 13.1 Å². The van der Waals surface area contributed by atoms with Crippen molar-refractivity contribution in [3.8, 4) is 0 Å². The Bertz CT molecular complexity index is 386. The normalized spacial score (nSPS) is 18.6. The van der Waals surface area contributed by atoms with Crippen LogP contribution >= 0.6 is 0 Å².